The first-order chi connectivity index (χ1) is 9.34. The zero-order valence-corrected chi connectivity index (χ0v) is 12.8. The molecule has 0 bridgehead atoms. The Balaban J connectivity index is 4.40. The van der Waals surface area contributed by atoms with Gasteiger partial charge in [-0.15, -0.1) is 0 Å². The molecule has 0 rings (SSSR count). The molecule has 0 aromatic carbocycles. The number of likely N-dealkylation sites (N-methyl/N-ethyl adjacent to an activating group) is 2. The van der Waals surface area contributed by atoms with E-state index in [1.54, 1.807) is 14.1 Å². The molecular weight excluding hydrogens is 258 g/mol. The topological polar surface area (TPSA) is 114 Å². The normalized spacial score (nSPS) is 13.2. The van der Waals surface area contributed by atoms with Gasteiger partial charge in [0, 0.05) is 26.6 Å². The summed E-state index contributed by atoms with van der Waals surface area (Å²) in [5, 5.41) is 2.58. The lowest BCUT2D eigenvalue weighted by atomic mass is 10.0. The fraction of sp³-hybridized carbons (Fsp3) is 0.769. The van der Waals surface area contributed by atoms with Gasteiger partial charge in [0.2, 0.25) is 11.8 Å². The van der Waals surface area contributed by atoms with Crippen LogP contribution in [0.4, 0.5) is 0 Å². The summed E-state index contributed by atoms with van der Waals surface area (Å²) >= 11 is 0. The molecule has 0 aliphatic heterocycles. The van der Waals surface area contributed by atoms with Gasteiger partial charge in [0.1, 0.15) is 6.04 Å². The molecule has 0 fully saturated rings. The molecule has 0 aromatic heterocycles. The van der Waals surface area contributed by atoms with E-state index in [9.17, 15) is 9.59 Å². The van der Waals surface area contributed by atoms with Gasteiger partial charge in [0.15, 0.2) is 5.96 Å². The van der Waals surface area contributed by atoms with Gasteiger partial charge in [-0.05, 0) is 19.3 Å². The van der Waals surface area contributed by atoms with Crippen LogP contribution in [-0.2, 0) is 9.59 Å². The largest absolute Gasteiger partial charge is 0.370 e. The van der Waals surface area contributed by atoms with Crippen LogP contribution in [0.2, 0.25) is 0 Å². The predicted octanol–water partition coefficient (Wildman–Crippen LogP) is -0.341. The molecule has 0 radical (unpaired) electrons. The fourth-order valence-electron chi connectivity index (χ4n) is 2.03. The van der Waals surface area contributed by atoms with E-state index in [4.69, 9.17) is 11.5 Å². The third-order valence-electron chi connectivity index (χ3n) is 3.26. The van der Waals surface area contributed by atoms with Crippen LogP contribution in [0.3, 0.4) is 0 Å². The molecule has 0 heterocycles. The smallest absolute Gasteiger partial charge is 0.242 e. The Hall–Kier alpha value is -1.79. The van der Waals surface area contributed by atoms with Gasteiger partial charge in [0.25, 0.3) is 0 Å². The summed E-state index contributed by atoms with van der Waals surface area (Å²) in [6.45, 7) is 4.24. The molecule has 5 N–H and O–H groups in total. The molecule has 7 nitrogen and oxygen atoms in total. The van der Waals surface area contributed by atoms with E-state index in [0.29, 0.717) is 19.4 Å². The fourth-order valence-corrected chi connectivity index (χ4v) is 2.03. The number of rotatable bonds is 8. The minimum atomic E-state index is -0.423. The Morgan fingerprint density at radius 1 is 1.35 bits per heavy atom. The lowest BCUT2D eigenvalue weighted by Crippen LogP contribution is -2.48. The highest BCUT2D eigenvalue weighted by molar-refractivity contribution is 5.88. The second-order valence-corrected chi connectivity index (χ2v) is 4.84. The molecule has 7 heteroatoms. The number of guanidine groups is 1. The lowest BCUT2D eigenvalue weighted by Gasteiger charge is -2.28. The van der Waals surface area contributed by atoms with Crippen molar-refractivity contribution in [3.8, 4) is 0 Å². The van der Waals surface area contributed by atoms with Crippen LogP contribution in [-0.4, -0.2) is 49.4 Å². The monoisotopic (exact) mass is 285 g/mol. The van der Waals surface area contributed by atoms with Crippen LogP contribution in [0.5, 0.6) is 0 Å². The van der Waals surface area contributed by atoms with Crippen molar-refractivity contribution in [2.75, 3.05) is 20.6 Å². The highest BCUT2D eigenvalue weighted by atomic mass is 16.2. The molecule has 0 saturated heterocycles. The van der Waals surface area contributed by atoms with Crippen LogP contribution in [0.1, 0.15) is 33.1 Å². The number of nitrogens with zero attached hydrogens (tertiary/aromatic N) is 2. The Labute approximate surface area is 120 Å². The third-order valence-corrected chi connectivity index (χ3v) is 3.26. The van der Waals surface area contributed by atoms with E-state index >= 15 is 0 Å². The lowest BCUT2D eigenvalue weighted by molar-refractivity contribution is -0.141. The van der Waals surface area contributed by atoms with Gasteiger partial charge >= 0.3 is 0 Å². The molecular formula is C13H27N5O2. The highest BCUT2D eigenvalue weighted by Crippen LogP contribution is 2.13. The minimum absolute atomic E-state index is 0.0369. The van der Waals surface area contributed by atoms with Gasteiger partial charge < -0.3 is 21.7 Å². The van der Waals surface area contributed by atoms with Crippen molar-refractivity contribution >= 4 is 17.8 Å². The van der Waals surface area contributed by atoms with Gasteiger partial charge in [-0.3, -0.25) is 14.6 Å². The summed E-state index contributed by atoms with van der Waals surface area (Å²) in [6, 6.07) is -0.423. The van der Waals surface area contributed by atoms with E-state index in [2.05, 4.69) is 10.3 Å². The summed E-state index contributed by atoms with van der Waals surface area (Å²) in [4.78, 5) is 29.3. The number of hydrogen-bond donors (Lipinski definition) is 3. The summed E-state index contributed by atoms with van der Waals surface area (Å²) < 4.78 is 0. The van der Waals surface area contributed by atoms with Gasteiger partial charge in [-0.2, -0.15) is 0 Å². The second-order valence-electron chi connectivity index (χ2n) is 4.84. The van der Waals surface area contributed by atoms with Crippen molar-refractivity contribution in [3.05, 3.63) is 0 Å². The molecule has 116 valence electrons. The van der Waals surface area contributed by atoms with Crippen molar-refractivity contribution in [1.29, 1.82) is 0 Å². The first kappa shape index (κ1) is 18.2. The summed E-state index contributed by atoms with van der Waals surface area (Å²) in [7, 11) is 3.24. The quantitative estimate of drug-likeness (QED) is 0.321. The second kappa shape index (κ2) is 9.17. The van der Waals surface area contributed by atoms with Crippen LogP contribution < -0.4 is 16.8 Å². The van der Waals surface area contributed by atoms with E-state index in [1.807, 2.05) is 13.8 Å². The molecule has 0 unspecified atom stereocenters. The number of nitrogens with two attached hydrogens (primary N) is 2. The molecule has 2 amide bonds. The van der Waals surface area contributed by atoms with Gasteiger partial charge in [-0.25, -0.2) is 0 Å². The van der Waals surface area contributed by atoms with Crippen molar-refractivity contribution in [2.24, 2.45) is 22.4 Å². The van der Waals surface area contributed by atoms with Gasteiger partial charge in [-0.1, -0.05) is 13.8 Å². The first-order valence-corrected chi connectivity index (χ1v) is 6.88. The van der Waals surface area contributed by atoms with Crippen molar-refractivity contribution in [3.63, 3.8) is 0 Å². The zero-order valence-electron chi connectivity index (χ0n) is 12.8. The zero-order chi connectivity index (χ0) is 15.7. The molecule has 0 spiro atoms. The SMILES string of the molecule is CC[C@@H](C(=O)NC)N(C)C(=O)[C@@H](C)CCCN=C(N)N. The maximum absolute atomic E-state index is 12.3. The first-order valence-electron chi connectivity index (χ1n) is 6.88. The van der Waals surface area contributed by atoms with Crippen molar-refractivity contribution in [2.45, 2.75) is 39.2 Å². The van der Waals surface area contributed by atoms with E-state index in [0.717, 1.165) is 6.42 Å². The Kier molecular flexibility index (Phi) is 8.35. The van der Waals surface area contributed by atoms with E-state index < -0.39 is 6.04 Å². The number of aliphatic imine (C=N–C) groups is 1. The molecule has 20 heavy (non-hydrogen) atoms. The Morgan fingerprint density at radius 2 is 1.95 bits per heavy atom. The molecule has 0 saturated carbocycles. The Morgan fingerprint density at radius 3 is 2.40 bits per heavy atom. The van der Waals surface area contributed by atoms with E-state index in [-0.39, 0.29) is 23.7 Å². The maximum Gasteiger partial charge on any atom is 0.242 e. The highest BCUT2D eigenvalue weighted by Gasteiger charge is 2.27. The van der Waals surface area contributed by atoms with Crippen LogP contribution >= 0.6 is 0 Å². The molecule has 0 aromatic rings. The maximum atomic E-state index is 12.3. The standard InChI is InChI=1S/C13H27N5O2/c1-5-10(11(19)16-3)18(4)12(20)9(2)7-6-8-17-13(14)15/h9-10H,5-8H2,1-4H3,(H,16,19)(H4,14,15,17)/t9-,10-/m0/s1. The van der Waals surface area contributed by atoms with Crippen LogP contribution in [0.25, 0.3) is 0 Å². The predicted molar refractivity (Wildman–Crippen MR) is 80.0 cm³/mol. The van der Waals surface area contributed by atoms with Crippen molar-refractivity contribution < 1.29 is 9.59 Å². The third kappa shape index (κ3) is 5.90. The number of amides is 2. The molecule has 2 atom stereocenters. The Bertz CT molecular complexity index is 353. The summed E-state index contributed by atoms with van der Waals surface area (Å²) in [5.41, 5.74) is 10.5. The number of nitrogens with one attached hydrogen (secondary N) is 1. The summed E-state index contributed by atoms with van der Waals surface area (Å²) in [5.74, 6) is -0.277. The molecule has 0 aliphatic carbocycles. The molecule has 0 aliphatic rings. The number of hydrogen-bond acceptors (Lipinski definition) is 3. The van der Waals surface area contributed by atoms with Crippen molar-refractivity contribution in [1.82, 2.24) is 10.2 Å². The van der Waals surface area contributed by atoms with Crippen LogP contribution in [0, 0.1) is 5.92 Å². The average Bonchev–Trinajstić information content (AvgIpc) is 2.42. The van der Waals surface area contributed by atoms with Gasteiger partial charge in [0.05, 0.1) is 0 Å². The van der Waals surface area contributed by atoms with Crippen LogP contribution in [0.15, 0.2) is 4.99 Å². The number of carbonyl (C=O) groups excluding carboxylic acids is 2. The average molecular weight is 285 g/mol. The minimum Gasteiger partial charge on any atom is -0.370 e. The summed E-state index contributed by atoms with van der Waals surface area (Å²) in [6.07, 6.45) is 2.00. The number of carbonyl (C=O) groups is 2. The van der Waals surface area contributed by atoms with E-state index in [1.165, 1.54) is 4.90 Å².